The maximum absolute atomic E-state index is 14.2. The van der Waals surface area contributed by atoms with E-state index in [0.717, 1.165) is 14.8 Å². The fourth-order valence-corrected chi connectivity index (χ4v) is 5.87. The molecular weight excluding hydrogens is 700 g/mol. The summed E-state index contributed by atoms with van der Waals surface area (Å²) in [5.74, 6) is -1.56. The van der Waals surface area contributed by atoms with E-state index in [0.29, 0.717) is 32.7 Å². The molecule has 5 aromatic rings. The number of hydrogen-bond acceptors (Lipinski definition) is 9. The SMILES string of the molecule is COc1nn([C@@H](Cc2ccccc2)C(=O)Nc2ccc3c(c2)cc(C(=O)OC(C)(C)C)n3C(=O)OC(C)(C)C)c(=O)cc1-c1cc(Cl)ccc1C(C)=O. The molecule has 1 amide bonds. The van der Waals surface area contributed by atoms with Crippen molar-refractivity contribution < 1.29 is 33.4 Å². The predicted octanol–water partition coefficient (Wildman–Crippen LogP) is 7.89. The second kappa shape index (κ2) is 15.1. The van der Waals surface area contributed by atoms with Crippen molar-refractivity contribution in [3.8, 4) is 17.0 Å². The van der Waals surface area contributed by atoms with Crippen LogP contribution in [0.25, 0.3) is 22.0 Å². The molecule has 13 heteroatoms. The highest BCUT2D eigenvalue weighted by molar-refractivity contribution is 6.31. The van der Waals surface area contributed by atoms with Crippen LogP contribution < -0.4 is 15.6 Å². The third-order valence-corrected chi connectivity index (χ3v) is 8.13. The Balaban J connectivity index is 1.57. The molecule has 0 bridgehead atoms. The fourth-order valence-electron chi connectivity index (χ4n) is 5.70. The summed E-state index contributed by atoms with van der Waals surface area (Å²) in [6, 6.07) is 20.1. The number of methoxy groups -OCH3 is 1. The number of anilines is 1. The van der Waals surface area contributed by atoms with E-state index in [2.05, 4.69) is 10.4 Å². The molecular formula is C40H41ClN4O8. The Bertz CT molecular complexity index is 2280. The monoisotopic (exact) mass is 740 g/mol. The number of amides is 1. The topological polar surface area (TPSA) is 148 Å². The highest BCUT2D eigenvalue weighted by Gasteiger charge is 2.30. The van der Waals surface area contributed by atoms with E-state index < -0.39 is 40.8 Å². The predicted molar refractivity (Wildman–Crippen MR) is 202 cm³/mol. The lowest BCUT2D eigenvalue weighted by atomic mass is 9.98. The first-order chi connectivity index (χ1) is 24.8. The second-order valence-electron chi connectivity index (χ2n) is 14.4. The molecule has 5 rings (SSSR count). The Morgan fingerprint density at radius 1 is 0.849 bits per heavy atom. The number of carbonyl (C=O) groups is 4. The van der Waals surface area contributed by atoms with E-state index >= 15 is 0 Å². The smallest absolute Gasteiger partial charge is 0.419 e. The number of ether oxygens (including phenoxy) is 3. The molecule has 3 aromatic carbocycles. The van der Waals surface area contributed by atoms with Gasteiger partial charge >= 0.3 is 12.1 Å². The molecule has 276 valence electrons. The van der Waals surface area contributed by atoms with E-state index in [1.54, 1.807) is 77.9 Å². The van der Waals surface area contributed by atoms with Gasteiger partial charge in [0.15, 0.2) is 5.78 Å². The maximum atomic E-state index is 14.2. The summed E-state index contributed by atoms with van der Waals surface area (Å²) in [7, 11) is 1.37. The number of benzene rings is 3. The van der Waals surface area contributed by atoms with Crippen LogP contribution in [0.2, 0.25) is 5.02 Å². The van der Waals surface area contributed by atoms with Gasteiger partial charge in [0.05, 0.1) is 18.2 Å². The van der Waals surface area contributed by atoms with Gasteiger partial charge in [-0.25, -0.2) is 18.8 Å². The largest absolute Gasteiger partial charge is 0.480 e. The first-order valence-electron chi connectivity index (χ1n) is 16.8. The number of esters is 1. The average Bonchev–Trinajstić information content (AvgIpc) is 3.45. The van der Waals surface area contributed by atoms with Crippen LogP contribution in [0.4, 0.5) is 10.5 Å². The molecule has 2 aromatic heterocycles. The molecule has 0 spiro atoms. The molecule has 0 aliphatic carbocycles. The van der Waals surface area contributed by atoms with Crippen molar-refractivity contribution in [3.63, 3.8) is 0 Å². The number of hydrogen-bond donors (Lipinski definition) is 1. The van der Waals surface area contributed by atoms with Gasteiger partial charge in [0.1, 0.15) is 22.9 Å². The van der Waals surface area contributed by atoms with E-state index in [1.807, 2.05) is 30.3 Å². The van der Waals surface area contributed by atoms with Crippen LogP contribution >= 0.6 is 11.6 Å². The zero-order valence-electron chi connectivity index (χ0n) is 30.8. The minimum absolute atomic E-state index is 0.000183. The Morgan fingerprint density at radius 2 is 1.53 bits per heavy atom. The molecule has 0 saturated heterocycles. The zero-order chi connectivity index (χ0) is 38.8. The molecule has 0 radical (unpaired) electrons. The fraction of sp³-hybridized carbons (Fsp3) is 0.300. The normalized spacial score (nSPS) is 12.2. The van der Waals surface area contributed by atoms with Crippen molar-refractivity contribution in [1.82, 2.24) is 14.3 Å². The number of nitrogens with zero attached hydrogens (tertiary/aromatic N) is 3. The standard InChI is InChI=1S/C40H41ClN4O8/c1-23(46)28-16-14-26(41)21-29(28)30-22-34(47)45(43-36(30)51-8)32(18-24-12-10-9-11-13-24)35(48)42-27-15-17-31-25(19-27)20-33(37(49)52-39(2,3)4)44(31)38(50)53-40(5,6)7/h9-17,19-22,32H,18H2,1-8H3,(H,42,48)/t32-/m0/s1. The summed E-state index contributed by atoms with van der Waals surface area (Å²) in [6.07, 6.45) is -0.693. The van der Waals surface area contributed by atoms with Crippen molar-refractivity contribution >= 4 is 51.9 Å². The van der Waals surface area contributed by atoms with Crippen molar-refractivity contribution in [2.75, 3.05) is 12.4 Å². The third kappa shape index (κ3) is 9.01. The molecule has 0 fully saturated rings. The highest BCUT2D eigenvalue weighted by atomic mass is 35.5. The van der Waals surface area contributed by atoms with Gasteiger partial charge in [0.25, 0.3) is 5.56 Å². The first kappa shape index (κ1) is 38.5. The Hall–Kier alpha value is -5.75. The Morgan fingerprint density at radius 3 is 2.15 bits per heavy atom. The van der Waals surface area contributed by atoms with Crippen molar-refractivity contribution in [3.05, 3.63) is 111 Å². The summed E-state index contributed by atoms with van der Waals surface area (Å²) in [4.78, 5) is 67.1. The summed E-state index contributed by atoms with van der Waals surface area (Å²) in [5.41, 5.74) is -0.0270. The maximum Gasteiger partial charge on any atom is 0.419 e. The number of nitrogens with one attached hydrogen (secondary N) is 1. The van der Waals surface area contributed by atoms with Gasteiger partial charge in [-0.1, -0.05) is 41.9 Å². The van der Waals surface area contributed by atoms with Gasteiger partial charge in [-0.3, -0.25) is 14.4 Å². The molecule has 2 heterocycles. The lowest BCUT2D eigenvalue weighted by molar-refractivity contribution is -0.119. The van der Waals surface area contributed by atoms with Crippen LogP contribution in [0, 0.1) is 0 Å². The molecule has 0 aliphatic rings. The van der Waals surface area contributed by atoms with Crippen LogP contribution in [0.5, 0.6) is 5.88 Å². The summed E-state index contributed by atoms with van der Waals surface area (Å²) < 4.78 is 19.0. The van der Waals surface area contributed by atoms with Gasteiger partial charge in [0.2, 0.25) is 11.8 Å². The minimum Gasteiger partial charge on any atom is -0.480 e. The minimum atomic E-state index is -1.17. The quantitative estimate of drug-likeness (QED) is 0.118. The highest BCUT2D eigenvalue weighted by Crippen LogP contribution is 2.33. The molecule has 0 unspecified atom stereocenters. The zero-order valence-corrected chi connectivity index (χ0v) is 31.5. The van der Waals surface area contributed by atoms with Crippen LogP contribution in [0.1, 0.15) is 80.9 Å². The van der Waals surface area contributed by atoms with E-state index in [9.17, 15) is 24.0 Å². The van der Waals surface area contributed by atoms with Crippen LogP contribution in [0.15, 0.2) is 83.7 Å². The lowest BCUT2D eigenvalue weighted by Gasteiger charge is -2.22. The van der Waals surface area contributed by atoms with Crippen LogP contribution in [-0.4, -0.2) is 56.4 Å². The third-order valence-electron chi connectivity index (χ3n) is 7.89. The van der Waals surface area contributed by atoms with Crippen LogP contribution in [-0.2, 0) is 20.7 Å². The molecule has 0 saturated carbocycles. The number of carbonyl (C=O) groups excluding carboxylic acids is 4. The van der Waals surface area contributed by atoms with Gasteiger partial charge in [-0.15, -0.1) is 5.10 Å². The van der Waals surface area contributed by atoms with Crippen LogP contribution in [0.3, 0.4) is 0 Å². The van der Waals surface area contributed by atoms with Crippen molar-refractivity contribution in [1.29, 1.82) is 0 Å². The molecule has 53 heavy (non-hydrogen) atoms. The van der Waals surface area contributed by atoms with E-state index in [4.69, 9.17) is 25.8 Å². The van der Waals surface area contributed by atoms with E-state index in [1.165, 1.54) is 26.2 Å². The summed E-state index contributed by atoms with van der Waals surface area (Å²) >= 11 is 6.27. The van der Waals surface area contributed by atoms with Crippen molar-refractivity contribution in [2.45, 2.75) is 72.1 Å². The number of Topliss-reactive ketones (excluding diaryl/α,β-unsaturated/α-hetero) is 1. The number of rotatable bonds is 9. The average molecular weight is 741 g/mol. The number of fused-ring (bicyclic) bond motifs is 1. The molecule has 0 aliphatic heterocycles. The number of aromatic nitrogens is 3. The van der Waals surface area contributed by atoms with Crippen molar-refractivity contribution in [2.24, 2.45) is 0 Å². The van der Waals surface area contributed by atoms with Gasteiger partial charge in [-0.05, 0) is 102 Å². The summed E-state index contributed by atoms with van der Waals surface area (Å²) in [5, 5.41) is 8.14. The first-order valence-corrected chi connectivity index (χ1v) is 17.2. The molecule has 1 N–H and O–H groups in total. The number of ketones is 1. The van der Waals surface area contributed by atoms with Gasteiger partial charge < -0.3 is 19.5 Å². The lowest BCUT2D eigenvalue weighted by Crippen LogP contribution is -2.36. The second-order valence-corrected chi connectivity index (χ2v) is 14.8. The Kier molecular flexibility index (Phi) is 10.9. The van der Waals surface area contributed by atoms with Gasteiger partial charge in [0, 0.05) is 34.1 Å². The van der Waals surface area contributed by atoms with Gasteiger partial charge in [-0.2, -0.15) is 0 Å². The molecule has 12 nitrogen and oxygen atoms in total. The van der Waals surface area contributed by atoms with E-state index in [-0.39, 0.29) is 29.3 Å². The molecule has 1 atom stereocenters. The number of halogens is 1. The Labute approximate surface area is 311 Å². The summed E-state index contributed by atoms with van der Waals surface area (Å²) in [6.45, 7) is 11.7.